The summed E-state index contributed by atoms with van der Waals surface area (Å²) in [5.74, 6) is 0.297. The molecule has 8 heteroatoms. The van der Waals surface area contributed by atoms with E-state index in [1.54, 1.807) is 43.5 Å². The van der Waals surface area contributed by atoms with E-state index < -0.39 is 10.0 Å². The van der Waals surface area contributed by atoms with E-state index in [-0.39, 0.29) is 16.4 Å². The monoisotopic (exact) mass is 391 g/mol. The number of carbonyl (C=O) groups is 1. The van der Waals surface area contributed by atoms with Gasteiger partial charge in [0.1, 0.15) is 5.75 Å². The van der Waals surface area contributed by atoms with Crippen molar-refractivity contribution in [2.45, 2.75) is 11.3 Å². The summed E-state index contributed by atoms with van der Waals surface area (Å²) >= 11 is 0. The highest BCUT2D eigenvalue weighted by atomic mass is 32.2. The maximum absolute atomic E-state index is 12.4. The summed E-state index contributed by atoms with van der Waals surface area (Å²) in [6.07, 6.45) is 0.698. The van der Waals surface area contributed by atoms with Crippen molar-refractivity contribution in [3.8, 4) is 5.75 Å². The number of methoxy groups -OCH3 is 1. The summed E-state index contributed by atoms with van der Waals surface area (Å²) in [7, 11) is 1.76. The summed E-state index contributed by atoms with van der Waals surface area (Å²) in [4.78, 5) is 14.5. The zero-order valence-electron chi connectivity index (χ0n) is 15.7. The van der Waals surface area contributed by atoms with Crippen molar-refractivity contribution >= 4 is 21.6 Å². The molecule has 2 aromatic carbocycles. The number of sulfonamides is 1. The number of rotatable bonds is 9. The number of nitrogens with one attached hydrogen (secondary N) is 2. The molecule has 2 N–H and O–H groups in total. The van der Waals surface area contributed by atoms with Gasteiger partial charge in [0, 0.05) is 17.8 Å². The molecule has 2 aromatic rings. The molecule has 0 aromatic heterocycles. The average molecular weight is 391 g/mol. The summed E-state index contributed by atoms with van der Waals surface area (Å²) < 4.78 is 32.5. The van der Waals surface area contributed by atoms with Gasteiger partial charge in [-0.3, -0.25) is 4.79 Å². The fourth-order valence-corrected chi connectivity index (χ4v) is 3.49. The third kappa shape index (κ3) is 6.35. The molecule has 0 spiro atoms. The number of amides is 1. The molecule has 27 heavy (non-hydrogen) atoms. The molecule has 0 bridgehead atoms. The Kier molecular flexibility index (Phi) is 7.35. The number of anilines is 1. The third-order valence-electron chi connectivity index (χ3n) is 3.83. The average Bonchev–Trinajstić information content (AvgIpc) is 2.66. The molecule has 0 unspecified atom stereocenters. The van der Waals surface area contributed by atoms with Gasteiger partial charge < -0.3 is 15.0 Å². The fraction of sp³-hybridized carbons (Fsp3) is 0.316. The van der Waals surface area contributed by atoms with Crippen LogP contribution in [0.3, 0.4) is 0 Å². The molecule has 0 fully saturated rings. The lowest BCUT2D eigenvalue weighted by molar-refractivity contribution is 0.102. The van der Waals surface area contributed by atoms with Gasteiger partial charge in [-0.25, -0.2) is 13.1 Å². The van der Waals surface area contributed by atoms with Gasteiger partial charge in [-0.05, 0) is 69.5 Å². The van der Waals surface area contributed by atoms with Crippen molar-refractivity contribution in [2.75, 3.05) is 39.6 Å². The van der Waals surface area contributed by atoms with Crippen molar-refractivity contribution in [1.82, 2.24) is 9.62 Å². The maximum atomic E-state index is 12.4. The van der Waals surface area contributed by atoms with Crippen LogP contribution in [0.2, 0.25) is 0 Å². The van der Waals surface area contributed by atoms with Gasteiger partial charge in [0.2, 0.25) is 10.0 Å². The summed E-state index contributed by atoms with van der Waals surface area (Å²) in [6.45, 7) is 1.12. The van der Waals surface area contributed by atoms with E-state index in [4.69, 9.17) is 4.74 Å². The molecule has 0 radical (unpaired) electrons. The van der Waals surface area contributed by atoms with Gasteiger partial charge in [-0.15, -0.1) is 0 Å². The minimum Gasteiger partial charge on any atom is -0.497 e. The molecular formula is C19H25N3O4S. The van der Waals surface area contributed by atoms with Crippen LogP contribution in [0.15, 0.2) is 53.4 Å². The van der Waals surface area contributed by atoms with E-state index in [9.17, 15) is 13.2 Å². The largest absolute Gasteiger partial charge is 0.497 e. The molecule has 146 valence electrons. The predicted octanol–water partition coefficient (Wildman–Crippen LogP) is 2.18. The second kappa shape index (κ2) is 9.50. The van der Waals surface area contributed by atoms with Crippen molar-refractivity contribution < 1.29 is 17.9 Å². The minimum atomic E-state index is -3.66. The molecule has 0 aliphatic rings. The molecule has 2 rings (SSSR count). The SMILES string of the molecule is COc1ccc(NC(=O)c2cccc(S(=O)(=O)NCCCN(C)C)c2)cc1. The van der Waals surface area contributed by atoms with E-state index >= 15 is 0 Å². The summed E-state index contributed by atoms with van der Waals surface area (Å²) in [5, 5.41) is 2.74. The Morgan fingerprint density at radius 3 is 2.44 bits per heavy atom. The van der Waals surface area contributed by atoms with Crippen molar-refractivity contribution in [1.29, 1.82) is 0 Å². The normalized spacial score (nSPS) is 11.4. The molecule has 0 atom stereocenters. The quantitative estimate of drug-likeness (QED) is 0.640. The Hall–Kier alpha value is -2.42. The highest BCUT2D eigenvalue weighted by molar-refractivity contribution is 7.89. The van der Waals surface area contributed by atoms with E-state index in [2.05, 4.69) is 10.0 Å². The minimum absolute atomic E-state index is 0.0646. The number of ether oxygens (including phenoxy) is 1. The number of benzene rings is 2. The molecule has 0 saturated heterocycles. The van der Waals surface area contributed by atoms with Crippen LogP contribution in [-0.2, 0) is 10.0 Å². The van der Waals surface area contributed by atoms with Gasteiger partial charge in [-0.2, -0.15) is 0 Å². The second-order valence-corrected chi connectivity index (χ2v) is 8.03. The topological polar surface area (TPSA) is 87.7 Å². The standard InChI is InChI=1S/C19H25N3O4S/c1-22(2)13-5-12-20-27(24,25)18-7-4-6-15(14-18)19(23)21-16-8-10-17(26-3)11-9-16/h4,6-11,14,20H,5,12-13H2,1-3H3,(H,21,23). The Bertz CT molecular complexity index is 865. The van der Waals surface area contributed by atoms with E-state index in [0.29, 0.717) is 24.4 Å². The summed E-state index contributed by atoms with van der Waals surface area (Å²) in [6, 6.07) is 12.8. The highest BCUT2D eigenvalue weighted by Gasteiger charge is 2.16. The first-order valence-electron chi connectivity index (χ1n) is 8.52. The van der Waals surface area contributed by atoms with Crippen LogP contribution in [0.1, 0.15) is 16.8 Å². The van der Waals surface area contributed by atoms with Crippen LogP contribution in [0.5, 0.6) is 5.75 Å². The van der Waals surface area contributed by atoms with Crippen LogP contribution in [0.25, 0.3) is 0 Å². The van der Waals surface area contributed by atoms with Crippen LogP contribution in [0, 0.1) is 0 Å². The zero-order chi connectivity index (χ0) is 19.9. The third-order valence-corrected chi connectivity index (χ3v) is 5.29. The van der Waals surface area contributed by atoms with Crippen LogP contribution < -0.4 is 14.8 Å². The van der Waals surface area contributed by atoms with Gasteiger partial charge in [0.05, 0.1) is 12.0 Å². The van der Waals surface area contributed by atoms with Crippen molar-refractivity contribution in [2.24, 2.45) is 0 Å². The lowest BCUT2D eigenvalue weighted by atomic mass is 10.2. The Balaban J connectivity index is 2.05. The maximum Gasteiger partial charge on any atom is 0.255 e. The Morgan fingerprint density at radius 2 is 1.81 bits per heavy atom. The van der Waals surface area contributed by atoms with Gasteiger partial charge in [0.25, 0.3) is 5.91 Å². The number of hydrogen-bond acceptors (Lipinski definition) is 5. The lowest BCUT2D eigenvalue weighted by Crippen LogP contribution is -2.27. The fourth-order valence-electron chi connectivity index (χ4n) is 2.37. The number of nitrogens with zero attached hydrogens (tertiary/aromatic N) is 1. The Labute approximate surface area is 160 Å². The van der Waals surface area contributed by atoms with E-state index in [1.807, 2.05) is 19.0 Å². The lowest BCUT2D eigenvalue weighted by Gasteiger charge is -2.11. The van der Waals surface area contributed by atoms with Crippen LogP contribution in [-0.4, -0.2) is 53.5 Å². The Morgan fingerprint density at radius 1 is 1.11 bits per heavy atom. The van der Waals surface area contributed by atoms with Gasteiger partial charge in [0.15, 0.2) is 0 Å². The molecule has 0 saturated carbocycles. The molecular weight excluding hydrogens is 366 g/mol. The van der Waals surface area contributed by atoms with E-state index in [0.717, 1.165) is 6.54 Å². The molecule has 0 heterocycles. The first-order valence-corrected chi connectivity index (χ1v) is 10.00. The number of hydrogen-bond donors (Lipinski definition) is 2. The van der Waals surface area contributed by atoms with Crippen molar-refractivity contribution in [3.63, 3.8) is 0 Å². The van der Waals surface area contributed by atoms with Gasteiger partial charge in [-0.1, -0.05) is 6.07 Å². The van der Waals surface area contributed by atoms with E-state index in [1.165, 1.54) is 12.1 Å². The molecule has 7 nitrogen and oxygen atoms in total. The molecule has 1 amide bonds. The molecule has 0 aliphatic carbocycles. The zero-order valence-corrected chi connectivity index (χ0v) is 16.5. The number of carbonyl (C=O) groups excluding carboxylic acids is 1. The first-order chi connectivity index (χ1) is 12.8. The van der Waals surface area contributed by atoms with Crippen LogP contribution >= 0.6 is 0 Å². The second-order valence-electron chi connectivity index (χ2n) is 6.27. The molecule has 0 aliphatic heterocycles. The van der Waals surface area contributed by atoms with Crippen LogP contribution in [0.4, 0.5) is 5.69 Å². The first kappa shape index (κ1) is 20.9. The highest BCUT2D eigenvalue weighted by Crippen LogP contribution is 2.17. The predicted molar refractivity (Wildman–Crippen MR) is 106 cm³/mol. The summed E-state index contributed by atoms with van der Waals surface area (Å²) in [5.41, 5.74) is 0.859. The van der Waals surface area contributed by atoms with Gasteiger partial charge >= 0.3 is 0 Å². The smallest absolute Gasteiger partial charge is 0.255 e. The van der Waals surface area contributed by atoms with Crippen molar-refractivity contribution in [3.05, 3.63) is 54.1 Å².